The Morgan fingerprint density at radius 3 is 3.08 bits per heavy atom. The summed E-state index contributed by atoms with van der Waals surface area (Å²) in [4.78, 5) is 7.52. The number of nitrogens with one attached hydrogen (secondary N) is 1. The van der Waals surface area contributed by atoms with E-state index in [0.29, 0.717) is 0 Å². The van der Waals surface area contributed by atoms with E-state index >= 15 is 0 Å². The summed E-state index contributed by atoms with van der Waals surface area (Å²) >= 11 is 0. The van der Waals surface area contributed by atoms with Gasteiger partial charge in [-0.1, -0.05) is 13.3 Å². The summed E-state index contributed by atoms with van der Waals surface area (Å²) in [5.74, 6) is 0. The Labute approximate surface area is 78.0 Å². The summed E-state index contributed by atoms with van der Waals surface area (Å²) in [6, 6.07) is 2.20. The van der Waals surface area contributed by atoms with Gasteiger partial charge in [-0.3, -0.25) is 0 Å². The quantitative estimate of drug-likeness (QED) is 0.745. The lowest BCUT2D eigenvalue weighted by Gasteiger charge is -1.96. The topological polar surface area (TPSA) is 28.7 Å². The van der Waals surface area contributed by atoms with Crippen LogP contribution in [-0.2, 0) is 6.42 Å². The molecule has 0 aromatic carbocycles. The highest BCUT2D eigenvalue weighted by molar-refractivity contribution is 5.80. The van der Waals surface area contributed by atoms with E-state index in [4.69, 9.17) is 0 Å². The molecule has 0 spiro atoms. The molecule has 0 aliphatic rings. The zero-order valence-corrected chi connectivity index (χ0v) is 8.09. The minimum atomic E-state index is 1.01. The summed E-state index contributed by atoms with van der Waals surface area (Å²) in [6.45, 7) is 4.28. The molecule has 13 heavy (non-hydrogen) atoms. The van der Waals surface area contributed by atoms with E-state index in [-0.39, 0.29) is 0 Å². The number of H-pyrrole nitrogens is 1. The first-order chi connectivity index (χ1) is 6.31. The maximum atomic E-state index is 4.33. The van der Waals surface area contributed by atoms with Crippen molar-refractivity contribution in [1.29, 1.82) is 0 Å². The molecule has 0 saturated heterocycles. The predicted molar refractivity (Wildman–Crippen MR) is 54.8 cm³/mol. The van der Waals surface area contributed by atoms with Gasteiger partial charge in [0.05, 0.1) is 0 Å². The number of rotatable bonds is 2. The third kappa shape index (κ3) is 1.44. The van der Waals surface area contributed by atoms with Crippen LogP contribution in [0.15, 0.2) is 18.5 Å². The summed E-state index contributed by atoms with van der Waals surface area (Å²) < 4.78 is 0. The van der Waals surface area contributed by atoms with Crippen LogP contribution < -0.4 is 0 Å². The van der Waals surface area contributed by atoms with E-state index in [1.165, 1.54) is 22.9 Å². The highest BCUT2D eigenvalue weighted by Gasteiger charge is 2.02. The average Bonchev–Trinajstić information content (AvgIpc) is 2.49. The van der Waals surface area contributed by atoms with Crippen LogP contribution in [0.25, 0.3) is 11.0 Å². The summed E-state index contributed by atoms with van der Waals surface area (Å²) in [5, 5.41) is 1.28. The van der Waals surface area contributed by atoms with Crippen molar-refractivity contribution in [2.75, 3.05) is 0 Å². The first-order valence-corrected chi connectivity index (χ1v) is 4.74. The molecule has 0 aliphatic heterocycles. The van der Waals surface area contributed by atoms with Crippen molar-refractivity contribution in [3.05, 3.63) is 29.6 Å². The third-order valence-electron chi connectivity index (χ3n) is 2.27. The van der Waals surface area contributed by atoms with Crippen LogP contribution in [0.3, 0.4) is 0 Å². The number of aryl methyl sites for hydroxylation is 2. The van der Waals surface area contributed by atoms with Crippen LogP contribution >= 0.6 is 0 Å². The van der Waals surface area contributed by atoms with Gasteiger partial charge in [-0.2, -0.15) is 0 Å². The monoisotopic (exact) mass is 174 g/mol. The molecule has 0 amide bonds. The molecule has 0 aliphatic carbocycles. The van der Waals surface area contributed by atoms with Crippen LogP contribution in [0.5, 0.6) is 0 Å². The zero-order chi connectivity index (χ0) is 9.26. The number of hydrogen-bond donors (Lipinski definition) is 1. The third-order valence-corrected chi connectivity index (χ3v) is 2.27. The Kier molecular flexibility index (Phi) is 2.05. The molecule has 2 heterocycles. The number of fused-ring (bicyclic) bond motifs is 1. The lowest BCUT2D eigenvalue weighted by Crippen LogP contribution is -1.82. The van der Waals surface area contributed by atoms with Crippen LogP contribution in [0, 0.1) is 6.92 Å². The second-order valence-corrected chi connectivity index (χ2v) is 3.47. The molecule has 2 rings (SSSR count). The summed E-state index contributed by atoms with van der Waals surface area (Å²) in [7, 11) is 0. The molecule has 2 aromatic rings. The smallest absolute Gasteiger partial charge is 0.137 e. The fourth-order valence-electron chi connectivity index (χ4n) is 1.64. The van der Waals surface area contributed by atoms with E-state index in [0.717, 1.165) is 12.1 Å². The van der Waals surface area contributed by atoms with Crippen LogP contribution in [0.1, 0.15) is 24.5 Å². The number of aromatic nitrogens is 2. The van der Waals surface area contributed by atoms with Gasteiger partial charge in [0, 0.05) is 17.8 Å². The van der Waals surface area contributed by atoms with E-state index in [9.17, 15) is 0 Å². The Morgan fingerprint density at radius 2 is 2.31 bits per heavy atom. The predicted octanol–water partition coefficient (Wildman–Crippen LogP) is 2.82. The molecule has 0 saturated carbocycles. The van der Waals surface area contributed by atoms with Crippen molar-refractivity contribution >= 4 is 11.0 Å². The molecule has 0 atom stereocenters. The number of pyridine rings is 1. The van der Waals surface area contributed by atoms with Gasteiger partial charge in [-0.25, -0.2) is 4.98 Å². The largest absolute Gasteiger partial charge is 0.346 e. The van der Waals surface area contributed by atoms with Gasteiger partial charge >= 0.3 is 0 Å². The van der Waals surface area contributed by atoms with E-state index in [1.807, 2.05) is 6.20 Å². The van der Waals surface area contributed by atoms with Crippen molar-refractivity contribution in [3.63, 3.8) is 0 Å². The van der Waals surface area contributed by atoms with Gasteiger partial charge < -0.3 is 4.98 Å². The molecule has 0 bridgehead atoms. The molecule has 2 nitrogen and oxygen atoms in total. The average molecular weight is 174 g/mol. The first kappa shape index (κ1) is 8.30. The molecule has 68 valence electrons. The summed E-state index contributed by atoms with van der Waals surface area (Å²) in [6.07, 6.45) is 6.28. The SMILES string of the molecule is CCCc1c[nH]c2ncc(C)cc12. The Morgan fingerprint density at radius 1 is 1.46 bits per heavy atom. The maximum absolute atomic E-state index is 4.33. The molecular formula is C11H14N2. The molecule has 0 fully saturated rings. The van der Waals surface area contributed by atoms with E-state index in [2.05, 4.69) is 36.1 Å². The second kappa shape index (κ2) is 3.21. The number of hydrogen-bond acceptors (Lipinski definition) is 1. The van der Waals surface area contributed by atoms with Crippen molar-refractivity contribution in [2.24, 2.45) is 0 Å². The van der Waals surface area contributed by atoms with Gasteiger partial charge in [0.1, 0.15) is 5.65 Å². The summed E-state index contributed by atoms with van der Waals surface area (Å²) in [5.41, 5.74) is 3.62. The molecule has 0 unspecified atom stereocenters. The normalized spacial score (nSPS) is 10.9. The molecule has 1 N–H and O–H groups in total. The highest BCUT2D eigenvalue weighted by atomic mass is 14.8. The van der Waals surface area contributed by atoms with E-state index < -0.39 is 0 Å². The van der Waals surface area contributed by atoms with Crippen molar-refractivity contribution < 1.29 is 0 Å². The lowest BCUT2D eigenvalue weighted by atomic mass is 10.1. The molecule has 2 aromatic heterocycles. The zero-order valence-electron chi connectivity index (χ0n) is 8.09. The maximum Gasteiger partial charge on any atom is 0.137 e. The molecule has 0 radical (unpaired) electrons. The Balaban J connectivity index is 2.58. The van der Waals surface area contributed by atoms with Gasteiger partial charge in [0.2, 0.25) is 0 Å². The standard InChI is InChI=1S/C11H14N2/c1-3-4-9-7-13-11-10(9)5-8(2)6-12-11/h5-7H,3-4H2,1-2H3,(H,12,13). The number of nitrogens with zero attached hydrogens (tertiary/aromatic N) is 1. The highest BCUT2D eigenvalue weighted by Crippen LogP contribution is 2.18. The van der Waals surface area contributed by atoms with Crippen LogP contribution in [-0.4, -0.2) is 9.97 Å². The number of aromatic amines is 1. The second-order valence-electron chi connectivity index (χ2n) is 3.47. The van der Waals surface area contributed by atoms with Crippen molar-refractivity contribution in [1.82, 2.24) is 9.97 Å². The van der Waals surface area contributed by atoms with Crippen LogP contribution in [0.2, 0.25) is 0 Å². The van der Waals surface area contributed by atoms with Gasteiger partial charge in [0.15, 0.2) is 0 Å². The first-order valence-electron chi connectivity index (χ1n) is 4.74. The Hall–Kier alpha value is -1.31. The Bertz CT molecular complexity index is 415. The van der Waals surface area contributed by atoms with Gasteiger partial charge in [-0.15, -0.1) is 0 Å². The van der Waals surface area contributed by atoms with Crippen LogP contribution in [0.4, 0.5) is 0 Å². The fraction of sp³-hybridized carbons (Fsp3) is 0.364. The van der Waals surface area contributed by atoms with Gasteiger partial charge in [-0.05, 0) is 30.5 Å². The minimum absolute atomic E-state index is 1.01. The fourth-order valence-corrected chi connectivity index (χ4v) is 1.64. The minimum Gasteiger partial charge on any atom is -0.346 e. The van der Waals surface area contributed by atoms with E-state index in [1.54, 1.807) is 0 Å². The van der Waals surface area contributed by atoms with Gasteiger partial charge in [0.25, 0.3) is 0 Å². The lowest BCUT2D eigenvalue weighted by molar-refractivity contribution is 0.929. The van der Waals surface area contributed by atoms with Crippen molar-refractivity contribution in [2.45, 2.75) is 26.7 Å². The van der Waals surface area contributed by atoms with Crippen molar-refractivity contribution in [3.8, 4) is 0 Å². The molecule has 2 heteroatoms. The molecular weight excluding hydrogens is 160 g/mol.